The molecule has 1 saturated heterocycles. The van der Waals surface area contributed by atoms with Gasteiger partial charge in [0.2, 0.25) is 0 Å². The van der Waals surface area contributed by atoms with E-state index in [-0.39, 0.29) is 41.9 Å². The van der Waals surface area contributed by atoms with Crippen LogP contribution in [-0.2, 0) is 17.6 Å². The average Bonchev–Trinajstić information content (AvgIpc) is 3.50. The van der Waals surface area contributed by atoms with Gasteiger partial charge in [0.15, 0.2) is 0 Å². The molecule has 0 saturated carbocycles. The highest BCUT2D eigenvalue weighted by atomic mass is 19.1. The normalized spacial score (nSPS) is 14.0. The van der Waals surface area contributed by atoms with Gasteiger partial charge >= 0.3 is 0 Å². The number of aromatic nitrogens is 2. The molecule has 3 heterocycles. The molecule has 2 aromatic heterocycles. The number of nitrogens with zero attached hydrogens (tertiary/aromatic N) is 2. The number of piperidine rings is 1. The Bertz CT molecular complexity index is 1610. The smallest absolute Gasteiger partial charge is 0.252 e. The number of carbonyl (C=O) groups is 2. The van der Waals surface area contributed by atoms with E-state index in [1.807, 2.05) is 6.92 Å². The second-order valence-corrected chi connectivity index (χ2v) is 11.2. The fourth-order valence-electron chi connectivity index (χ4n) is 5.24. The zero-order chi connectivity index (χ0) is 31.1. The number of ether oxygens (including phenoxy) is 1. The number of benzene rings is 2. The van der Waals surface area contributed by atoms with Gasteiger partial charge in [-0.2, -0.15) is 0 Å². The van der Waals surface area contributed by atoms with E-state index in [0.29, 0.717) is 34.8 Å². The van der Waals surface area contributed by atoms with Crippen molar-refractivity contribution in [2.45, 2.75) is 45.1 Å². The van der Waals surface area contributed by atoms with E-state index in [2.05, 4.69) is 20.2 Å². The number of pyridine rings is 1. The van der Waals surface area contributed by atoms with Crippen LogP contribution in [-0.4, -0.2) is 63.9 Å². The Kier molecular flexibility index (Phi) is 10.1. The summed E-state index contributed by atoms with van der Waals surface area (Å²) in [6.45, 7) is 5.01. The van der Waals surface area contributed by atoms with Crippen molar-refractivity contribution in [1.82, 2.24) is 20.2 Å². The zero-order valence-corrected chi connectivity index (χ0v) is 24.6. The minimum atomic E-state index is -0.593. The Morgan fingerprint density at radius 1 is 1.00 bits per heavy atom. The van der Waals surface area contributed by atoms with Gasteiger partial charge < -0.3 is 25.0 Å². The van der Waals surface area contributed by atoms with E-state index in [1.54, 1.807) is 48.8 Å². The van der Waals surface area contributed by atoms with Gasteiger partial charge in [0, 0.05) is 57.0 Å². The number of aliphatic hydroxyl groups excluding tert-OH is 1. The molecule has 0 atom stereocenters. The summed E-state index contributed by atoms with van der Waals surface area (Å²) < 4.78 is 34.7. The molecule has 1 aliphatic rings. The maximum atomic E-state index is 14.9. The van der Waals surface area contributed by atoms with Crippen LogP contribution in [0.1, 0.15) is 46.3 Å². The highest BCUT2D eigenvalue weighted by molar-refractivity contribution is 5.95. The van der Waals surface area contributed by atoms with Crippen LogP contribution in [0.25, 0.3) is 11.4 Å². The molecule has 230 valence electrons. The predicted octanol–water partition coefficient (Wildman–Crippen LogP) is 5.39. The molecule has 1 fully saturated rings. The summed E-state index contributed by atoms with van der Waals surface area (Å²) in [5, 5.41) is 12.6. The Morgan fingerprint density at radius 3 is 2.57 bits per heavy atom. The fourth-order valence-corrected chi connectivity index (χ4v) is 5.24. The summed E-state index contributed by atoms with van der Waals surface area (Å²) >= 11 is 0. The molecule has 1 aliphatic heterocycles. The van der Waals surface area contributed by atoms with Crippen molar-refractivity contribution in [2.24, 2.45) is 0 Å². The van der Waals surface area contributed by atoms with Gasteiger partial charge in [-0.15, -0.1) is 0 Å². The third-order valence-corrected chi connectivity index (χ3v) is 7.68. The fraction of sp³-hybridized carbons (Fsp3) is 0.324. The first-order valence-corrected chi connectivity index (χ1v) is 14.8. The third-order valence-electron chi connectivity index (χ3n) is 7.68. The van der Waals surface area contributed by atoms with Crippen LogP contribution < -0.4 is 10.1 Å². The lowest BCUT2D eigenvalue weighted by molar-refractivity contribution is -0.117. The second kappa shape index (κ2) is 14.4. The van der Waals surface area contributed by atoms with Gasteiger partial charge in [0.05, 0.1) is 23.1 Å². The molecule has 1 amide bonds. The van der Waals surface area contributed by atoms with Crippen molar-refractivity contribution in [3.05, 3.63) is 101 Å². The zero-order valence-electron chi connectivity index (χ0n) is 24.6. The molecular weight excluding hydrogens is 566 g/mol. The number of amides is 1. The van der Waals surface area contributed by atoms with Gasteiger partial charge in [0.25, 0.3) is 5.91 Å². The van der Waals surface area contributed by atoms with Crippen molar-refractivity contribution in [2.75, 3.05) is 26.2 Å². The lowest BCUT2D eigenvalue weighted by Gasteiger charge is -2.29. The van der Waals surface area contributed by atoms with Crippen molar-refractivity contribution in [3.63, 3.8) is 0 Å². The van der Waals surface area contributed by atoms with Crippen LogP contribution >= 0.6 is 0 Å². The standard InChI is InChI=1S/C34H36F2N4O4/c1-22-3-6-30(35)24(15-22)17-27(42)16-23-4-5-28(19-31(23)36)44-29-7-11-37-33(20-29)32-18-25(21-39-32)34(43)38-10-2-12-40-13-8-26(41)9-14-40/h3-7,11,15,18-21,26,39,41H,2,8-10,12-14,16-17H2,1H3,(H,38,43). The Morgan fingerprint density at radius 2 is 1.77 bits per heavy atom. The van der Waals surface area contributed by atoms with Gasteiger partial charge in [-0.05, 0) is 68.1 Å². The third kappa shape index (κ3) is 8.36. The van der Waals surface area contributed by atoms with E-state index in [0.717, 1.165) is 44.5 Å². The molecule has 0 aliphatic carbocycles. The Hall–Kier alpha value is -4.41. The van der Waals surface area contributed by atoms with Crippen molar-refractivity contribution < 1.29 is 28.2 Å². The molecule has 0 unspecified atom stereocenters. The number of hydrogen-bond donors (Lipinski definition) is 3. The number of hydrogen-bond acceptors (Lipinski definition) is 6. The monoisotopic (exact) mass is 602 g/mol. The van der Waals surface area contributed by atoms with Gasteiger partial charge in [0.1, 0.15) is 28.9 Å². The number of aryl methyl sites for hydroxylation is 1. The molecule has 0 bridgehead atoms. The maximum Gasteiger partial charge on any atom is 0.252 e. The number of nitrogens with one attached hydrogen (secondary N) is 2. The van der Waals surface area contributed by atoms with Crippen LogP contribution in [0.4, 0.5) is 8.78 Å². The summed E-state index contributed by atoms with van der Waals surface area (Å²) in [5.41, 5.74) is 2.99. The van der Waals surface area contributed by atoms with E-state index in [9.17, 15) is 23.5 Å². The Labute approximate surface area is 255 Å². The lowest BCUT2D eigenvalue weighted by Crippen LogP contribution is -2.37. The largest absolute Gasteiger partial charge is 0.457 e. The highest BCUT2D eigenvalue weighted by Crippen LogP contribution is 2.27. The number of halogens is 2. The molecule has 10 heteroatoms. The lowest BCUT2D eigenvalue weighted by atomic mass is 10.0. The van der Waals surface area contributed by atoms with Crippen LogP contribution in [0.2, 0.25) is 0 Å². The van der Waals surface area contributed by atoms with Crippen molar-refractivity contribution in [1.29, 1.82) is 0 Å². The molecule has 44 heavy (non-hydrogen) atoms. The number of H-pyrrole nitrogens is 1. The molecule has 5 rings (SSSR count). The summed E-state index contributed by atoms with van der Waals surface area (Å²) in [4.78, 5) is 34.9. The number of aromatic amines is 1. The highest BCUT2D eigenvalue weighted by Gasteiger charge is 2.17. The van der Waals surface area contributed by atoms with E-state index < -0.39 is 11.6 Å². The first kappa shape index (κ1) is 31.0. The van der Waals surface area contributed by atoms with Crippen LogP contribution in [0, 0.1) is 18.6 Å². The summed E-state index contributed by atoms with van der Waals surface area (Å²) in [6, 6.07) is 13.9. The number of rotatable bonds is 12. The number of carbonyl (C=O) groups excluding carboxylic acids is 2. The molecular formula is C34H36F2N4O4. The first-order valence-electron chi connectivity index (χ1n) is 14.8. The quantitative estimate of drug-likeness (QED) is 0.188. The average molecular weight is 603 g/mol. The number of likely N-dealkylation sites (tertiary alicyclic amines) is 1. The molecule has 8 nitrogen and oxygen atoms in total. The minimum absolute atomic E-state index is 0.113. The minimum Gasteiger partial charge on any atom is -0.457 e. The molecule has 0 spiro atoms. The molecule has 2 aromatic carbocycles. The number of ketones is 1. The summed E-state index contributed by atoms with van der Waals surface area (Å²) in [6.07, 6.45) is 5.12. The van der Waals surface area contributed by atoms with Crippen molar-refractivity contribution >= 4 is 11.7 Å². The van der Waals surface area contributed by atoms with Gasteiger partial charge in [-0.1, -0.05) is 23.8 Å². The van der Waals surface area contributed by atoms with E-state index in [1.165, 1.54) is 18.2 Å². The molecule has 3 N–H and O–H groups in total. The van der Waals surface area contributed by atoms with Crippen molar-refractivity contribution in [3.8, 4) is 22.9 Å². The SMILES string of the molecule is Cc1ccc(F)c(CC(=O)Cc2ccc(Oc3ccnc(-c4cc(C(=O)NCCCN5CCC(O)CC5)c[nH]4)c3)cc2F)c1. The first-order chi connectivity index (χ1) is 21.2. The molecule has 0 radical (unpaired) electrons. The van der Waals surface area contributed by atoms with E-state index in [4.69, 9.17) is 4.74 Å². The predicted molar refractivity (Wildman–Crippen MR) is 163 cm³/mol. The van der Waals surface area contributed by atoms with Crippen LogP contribution in [0.15, 0.2) is 67.0 Å². The number of Topliss-reactive ketones (excluding diaryl/α,β-unsaturated/α-hetero) is 1. The molecule has 4 aromatic rings. The second-order valence-electron chi connectivity index (χ2n) is 11.2. The van der Waals surface area contributed by atoms with Crippen LogP contribution in [0.3, 0.4) is 0 Å². The van der Waals surface area contributed by atoms with Gasteiger partial charge in [-0.3, -0.25) is 14.6 Å². The maximum absolute atomic E-state index is 14.9. The van der Waals surface area contributed by atoms with Gasteiger partial charge in [-0.25, -0.2) is 8.78 Å². The number of aliphatic hydroxyl groups is 1. The van der Waals surface area contributed by atoms with E-state index >= 15 is 0 Å². The topological polar surface area (TPSA) is 108 Å². The summed E-state index contributed by atoms with van der Waals surface area (Å²) in [5.74, 6) is -0.868. The Balaban J connectivity index is 1.13. The van der Waals surface area contributed by atoms with Crippen LogP contribution in [0.5, 0.6) is 11.5 Å². The summed E-state index contributed by atoms with van der Waals surface area (Å²) in [7, 11) is 0.